The van der Waals surface area contributed by atoms with E-state index in [-0.39, 0.29) is 5.91 Å². The Morgan fingerprint density at radius 2 is 2.03 bits per heavy atom. The van der Waals surface area contributed by atoms with Gasteiger partial charge in [0.2, 0.25) is 0 Å². The van der Waals surface area contributed by atoms with E-state index in [0.29, 0.717) is 29.5 Å². The second-order valence-corrected chi connectivity index (χ2v) is 7.96. The van der Waals surface area contributed by atoms with Crippen LogP contribution < -0.4 is 10.6 Å². The average molecular weight is 390 g/mol. The predicted octanol–water partition coefficient (Wildman–Crippen LogP) is 4.04. The highest BCUT2D eigenvalue weighted by molar-refractivity contribution is 5.96. The fraction of sp³-hybridized carbons (Fsp3) is 0.435. The molecule has 0 spiro atoms. The van der Waals surface area contributed by atoms with Gasteiger partial charge in [-0.15, -0.1) is 0 Å². The quantitative estimate of drug-likeness (QED) is 0.777. The van der Waals surface area contributed by atoms with E-state index in [0.717, 1.165) is 61.5 Å². The van der Waals surface area contributed by atoms with E-state index in [9.17, 15) is 4.79 Å². The Bertz CT molecular complexity index is 940. The first-order chi connectivity index (χ1) is 14.1. The predicted molar refractivity (Wildman–Crippen MR) is 111 cm³/mol. The molecule has 29 heavy (non-hydrogen) atoms. The molecule has 1 saturated heterocycles. The molecule has 2 fully saturated rings. The summed E-state index contributed by atoms with van der Waals surface area (Å²) in [6.45, 7) is 4.22. The number of rotatable bonds is 6. The summed E-state index contributed by atoms with van der Waals surface area (Å²) >= 11 is 0. The van der Waals surface area contributed by atoms with Crippen LogP contribution in [0, 0.1) is 24.2 Å². The standard InChI is InChI=1S/C23H26N4O2/c1-15-10-17(12-24)2-5-21(15)27-22-11-19(18-3-4-18)20(14-25-22)23(28)26-13-16-6-8-29-9-7-16/h2,5,10-11,14,16,18H,3-4,6-9,13H2,1H3,(H,25,27)(H,26,28). The van der Waals surface area contributed by atoms with Crippen molar-refractivity contribution in [2.45, 2.75) is 38.5 Å². The van der Waals surface area contributed by atoms with Crippen molar-refractivity contribution in [1.82, 2.24) is 10.3 Å². The fourth-order valence-corrected chi connectivity index (χ4v) is 3.76. The highest BCUT2D eigenvalue weighted by Gasteiger charge is 2.29. The van der Waals surface area contributed by atoms with Gasteiger partial charge in [0, 0.05) is 31.6 Å². The molecule has 1 aliphatic carbocycles. The number of hydrogen-bond donors (Lipinski definition) is 2. The summed E-state index contributed by atoms with van der Waals surface area (Å²) in [5, 5.41) is 15.5. The van der Waals surface area contributed by atoms with E-state index in [1.54, 1.807) is 12.3 Å². The van der Waals surface area contributed by atoms with Crippen LogP contribution in [-0.4, -0.2) is 30.6 Å². The molecule has 4 rings (SSSR count). The molecule has 6 heteroatoms. The largest absolute Gasteiger partial charge is 0.381 e. The van der Waals surface area contributed by atoms with Gasteiger partial charge in [0.25, 0.3) is 5.91 Å². The van der Waals surface area contributed by atoms with Gasteiger partial charge in [0.05, 0.1) is 17.2 Å². The van der Waals surface area contributed by atoms with Crippen molar-refractivity contribution in [3.8, 4) is 6.07 Å². The topological polar surface area (TPSA) is 87.0 Å². The molecular formula is C23H26N4O2. The number of nitrogens with one attached hydrogen (secondary N) is 2. The van der Waals surface area contributed by atoms with Crippen molar-refractivity contribution >= 4 is 17.4 Å². The van der Waals surface area contributed by atoms with Gasteiger partial charge in [-0.3, -0.25) is 4.79 Å². The molecule has 0 bridgehead atoms. The number of aromatic nitrogens is 1. The molecule has 0 unspecified atom stereocenters. The van der Waals surface area contributed by atoms with E-state index < -0.39 is 0 Å². The van der Waals surface area contributed by atoms with E-state index >= 15 is 0 Å². The molecule has 6 nitrogen and oxygen atoms in total. The Morgan fingerprint density at radius 3 is 2.72 bits per heavy atom. The lowest BCUT2D eigenvalue weighted by Crippen LogP contribution is -2.32. The van der Waals surface area contributed by atoms with Crippen LogP contribution in [0.4, 0.5) is 11.5 Å². The van der Waals surface area contributed by atoms with Crippen LogP contribution in [0.1, 0.15) is 58.6 Å². The molecule has 2 heterocycles. The molecule has 2 N–H and O–H groups in total. The molecule has 1 aromatic carbocycles. The van der Waals surface area contributed by atoms with Crippen LogP contribution in [0.15, 0.2) is 30.5 Å². The maximum atomic E-state index is 12.8. The van der Waals surface area contributed by atoms with Gasteiger partial charge in [-0.05, 0) is 79.8 Å². The molecule has 1 amide bonds. The molecule has 150 valence electrons. The molecule has 2 aliphatic rings. The molecule has 0 atom stereocenters. The zero-order valence-corrected chi connectivity index (χ0v) is 16.7. The Balaban J connectivity index is 1.48. The maximum absolute atomic E-state index is 12.8. The number of nitrogens with zero attached hydrogens (tertiary/aromatic N) is 2. The van der Waals surface area contributed by atoms with Gasteiger partial charge in [-0.2, -0.15) is 5.26 Å². The third kappa shape index (κ3) is 4.75. The Morgan fingerprint density at radius 1 is 1.24 bits per heavy atom. The number of nitriles is 1. The normalized spacial score (nSPS) is 16.8. The third-order valence-electron chi connectivity index (χ3n) is 5.71. The minimum atomic E-state index is -0.0352. The van der Waals surface area contributed by atoms with Gasteiger partial charge < -0.3 is 15.4 Å². The van der Waals surface area contributed by atoms with Crippen LogP contribution in [0.2, 0.25) is 0 Å². The van der Waals surface area contributed by atoms with E-state index in [1.165, 1.54) is 0 Å². The minimum absolute atomic E-state index is 0.0352. The summed E-state index contributed by atoms with van der Waals surface area (Å²) in [5.41, 5.74) is 4.28. The zero-order chi connectivity index (χ0) is 20.2. The molecular weight excluding hydrogens is 364 g/mol. The van der Waals surface area contributed by atoms with Gasteiger partial charge in [-0.25, -0.2) is 4.98 Å². The highest BCUT2D eigenvalue weighted by Crippen LogP contribution is 2.42. The number of carbonyl (C=O) groups excluding carboxylic acids is 1. The van der Waals surface area contributed by atoms with Crippen molar-refractivity contribution < 1.29 is 9.53 Å². The summed E-state index contributed by atoms with van der Waals surface area (Å²) in [5.74, 6) is 1.61. The maximum Gasteiger partial charge on any atom is 0.253 e. The zero-order valence-electron chi connectivity index (χ0n) is 16.7. The summed E-state index contributed by atoms with van der Waals surface area (Å²) in [6, 6.07) is 9.68. The number of anilines is 2. The summed E-state index contributed by atoms with van der Waals surface area (Å²) in [4.78, 5) is 17.3. The van der Waals surface area contributed by atoms with Gasteiger partial charge in [0.15, 0.2) is 0 Å². The minimum Gasteiger partial charge on any atom is -0.381 e. The molecule has 1 aliphatic heterocycles. The van der Waals surface area contributed by atoms with E-state index in [2.05, 4.69) is 21.7 Å². The monoisotopic (exact) mass is 390 g/mol. The van der Waals surface area contributed by atoms with Crippen LogP contribution in [0.5, 0.6) is 0 Å². The first-order valence-corrected chi connectivity index (χ1v) is 10.3. The van der Waals surface area contributed by atoms with Crippen molar-refractivity contribution in [2.75, 3.05) is 25.1 Å². The number of pyridine rings is 1. The summed E-state index contributed by atoms with van der Waals surface area (Å²) < 4.78 is 5.39. The third-order valence-corrected chi connectivity index (χ3v) is 5.71. The second kappa shape index (κ2) is 8.62. The van der Waals surface area contributed by atoms with Crippen LogP contribution >= 0.6 is 0 Å². The molecule has 1 saturated carbocycles. The molecule has 1 aromatic heterocycles. The summed E-state index contributed by atoms with van der Waals surface area (Å²) in [7, 11) is 0. The fourth-order valence-electron chi connectivity index (χ4n) is 3.76. The van der Waals surface area contributed by atoms with Crippen LogP contribution in [0.3, 0.4) is 0 Å². The van der Waals surface area contributed by atoms with Gasteiger partial charge in [-0.1, -0.05) is 0 Å². The Labute approximate surface area is 171 Å². The number of amides is 1. The summed E-state index contributed by atoms with van der Waals surface area (Å²) in [6.07, 6.45) is 5.91. The number of benzene rings is 1. The molecule has 0 radical (unpaired) electrons. The molecule has 2 aromatic rings. The number of aryl methyl sites for hydroxylation is 1. The SMILES string of the molecule is Cc1cc(C#N)ccc1Nc1cc(C2CC2)c(C(=O)NCC2CCOCC2)cn1. The first kappa shape index (κ1) is 19.4. The lowest BCUT2D eigenvalue weighted by molar-refractivity contribution is 0.0642. The smallest absolute Gasteiger partial charge is 0.253 e. The lowest BCUT2D eigenvalue weighted by atomic mass is 10.00. The Hall–Kier alpha value is -2.91. The van der Waals surface area contributed by atoms with Crippen LogP contribution in [-0.2, 0) is 4.74 Å². The van der Waals surface area contributed by atoms with Crippen molar-refractivity contribution in [3.05, 3.63) is 52.7 Å². The number of carbonyl (C=O) groups is 1. The van der Waals surface area contributed by atoms with Crippen molar-refractivity contribution in [2.24, 2.45) is 5.92 Å². The lowest BCUT2D eigenvalue weighted by Gasteiger charge is -2.22. The Kier molecular flexibility index (Phi) is 5.77. The van der Waals surface area contributed by atoms with Gasteiger partial charge >= 0.3 is 0 Å². The van der Waals surface area contributed by atoms with Crippen molar-refractivity contribution in [1.29, 1.82) is 5.26 Å². The van der Waals surface area contributed by atoms with Crippen LogP contribution in [0.25, 0.3) is 0 Å². The first-order valence-electron chi connectivity index (χ1n) is 10.3. The number of hydrogen-bond acceptors (Lipinski definition) is 5. The van der Waals surface area contributed by atoms with E-state index in [4.69, 9.17) is 10.00 Å². The highest BCUT2D eigenvalue weighted by atomic mass is 16.5. The van der Waals surface area contributed by atoms with Gasteiger partial charge in [0.1, 0.15) is 5.82 Å². The average Bonchev–Trinajstić information content (AvgIpc) is 3.59. The van der Waals surface area contributed by atoms with E-state index in [1.807, 2.05) is 25.1 Å². The number of ether oxygens (including phenoxy) is 1. The second-order valence-electron chi connectivity index (χ2n) is 7.96. The van der Waals surface area contributed by atoms with Crippen molar-refractivity contribution in [3.63, 3.8) is 0 Å².